The number of carbonyl (C=O) groups is 2. The zero-order valence-corrected chi connectivity index (χ0v) is 22.0. The van der Waals surface area contributed by atoms with Crippen LogP contribution in [-0.2, 0) is 22.4 Å². The topological polar surface area (TPSA) is 91.9 Å². The van der Waals surface area contributed by atoms with Gasteiger partial charge in [-0.2, -0.15) is 0 Å². The summed E-state index contributed by atoms with van der Waals surface area (Å²) in [6.07, 6.45) is 8.28. The summed E-state index contributed by atoms with van der Waals surface area (Å²) in [6.45, 7) is 8.05. The zero-order valence-electron chi connectivity index (χ0n) is 22.0. The fraction of sp³-hybridized carbons (Fsp3) is 0.400. The molecular weight excluding hydrogens is 478 g/mol. The molecule has 1 saturated heterocycles. The first-order valence-electron chi connectivity index (χ1n) is 13.5. The number of hydrogen-bond donors (Lipinski definition) is 3. The molecule has 0 bridgehead atoms. The van der Waals surface area contributed by atoms with E-state index in [2.05, 4.69) is 63.4 Å². The van der Waals surface area contributed by atoms with E-state index >= 15 is 0 Å². The van der Waals surface area contributed by atoms with Crippen molar-refractivity contribution in [1.82, 2.24) is 25.2 Å². The predicted octanol–water partition coefficient (Wildman–Crippen LogP) is 3.38. The van der Waals surface area contributed by atoms with Gasteiger partial charge in [0.1, 0.15) is 0 Å². The lowest BCUT2D eigenvalue weighted by Gasteiger charge is -2.37. The number of benzene rings is 2. The standard InChI is InChI=1S/C30H37N5O3/c1-22(36)34-17-14-33(15-18-34)16-19-35(13-12-25-21-31-28-5-3-2-4-26(25)28)29-10-8-24-20-23(6-9-27(24)29)7-11-30(37)32-38/h2-7,9,11,20-21,29,31,38H,8,10,12-19H2,1H3,(H,32,37)/b11-7+. The molecule has 0 spiro atoms. The largest absolute Gasteiger partial charge is 0.361 e. The van der Waals surface area contributed by atoms with Crippen LogP contribution in [0.4, 0.5) is 0 Å². The second kappa shape index (κ2) is 11.9. The number of hydroxylamine groups is 1. The molecule has 3 N–H and O–H groups in total. The lowest BCUT2D eigenvalue weighted by molar-refractivity contribution is -0.130. The summed E-state index contributed by atoms with van der Waals surface area (Å²) in [5.41, 5.74) is 7.82. The molecule has 5 rings (SSSR count). The number of rotatable bonds is 9. The van der Waals surface area contributed by atoms with Gasteiger partial charge in [0.15, 0.2) is 0 Å². The van der Waals surface area contributed by atoms with Crippen molar-refractivity contribution in [2.75, 3.05) is 45.8 Å². The van der Waals surface area contributed by atoms with Crippen LogP contribution in [0.3, 0.4) is 0 Å². The van der Waals surface area contributed by atoms with E-state index in [1.165, 1.54) is 33.7 Å². The molecule has 38 heavy (non-hydrogen) atoms. The van der Waals surface area contributed by atoms with Crippen LogP contribution < -0.4 is 5.48 Å². The molecule has 2 heterocycles. The summed E-state index contributed by atoms with van der Waals surface area (Å²) in [5, 5.41) is 10.0. The number of fused-ring (bicyclic) bond motifs is 2. The number of carbonyl (C=O) groups excluding carboxylic acids is 2. The van der Waals surface area contributed by atoms with Gasteiger partial charge < -0.3 is 9.88 Å². The van der Waals surface area contributed by atoms with E-state index in [-0.39, 0.29) is 5.91 Å². The number of aromatic nitrogens is 1. The molecule has 0 radical (unpaired) electrons. The van der Waals surface area contributed by atoms with E-state index in [9.17, 15) is 9.59 Å². The van der Waals surface area contributed by atoms with Gasteiger partial charge in [-0.15, -0.1) is 0 Å². The Labute approximate surface area is 223 Å². The molecule has 2 aromatic carbocycles. The third-order valence-corrected chi connectivity index (χ3v) is 8.06. The first kappa shape index (κ1) is 26.2. The smallest absolute Gasteiger partial charge is 0.267 e. The Morgan fingerprint density at radius 2 is 1.95 bits per heavy atom. The number of aromatic amines is 1. The molecule has 1 aromatic heterocycles. The van der Waals surface area contributed by atoms with Gasteiger partial charge >= 0.3 is 0 Å². The first-order valence-corrected chi connectivity index (χ1v) is 13.5. The Balaban J connectivity index is 1.30. The normalized spacial score (nSPS) is 18.0. The van der Waals surface area contributed by atoms with Crippen molar-refractivity contribution in [3.05, 3.63) is 77.0 Å². The Kier molecular flexibility index (Phi) is 8.22. The highest BCUT2D eigenvalue weighted by Gasteiger charge is 2.29. The molecule has 1 unspecified atom stereocenters. The van der Waals surface area contributed by atoms with Crippen molar-refractivity contribution in [2.45, 2.75) is 32.2 Å². The van der Waals surface area contributed by atoms with Crippen molar-refractivity contribution < 1.29 is 14.8 Å². The third-order valence-electron chi connectivity index (χ3n) is 8.06. The summed E-state index contributed by atoms with van der Waals surface area (Å²) in [5.74, 6) is -0.366. The molecule has 1 aliphatic carbocycles. The van der Waals surface area contributed by atoms with E-state index in [4.69, 9.17) is 5.21 Å². The minimum Gasteiger partial charge on any atom is -0.361 e. The Morgan fingerprint density at radius 3 is 2.74 bits per heavy atom. The lowest BCUT2D eigenvalue weighted by atomic mass is 10.0. The highest BCUT2D eigenvalue weighted by Crippen LogP contribution is 2.36. The number of nitrogens with zero attached hydrogens (tertiary/aromatic N) is 3. The molecule has 8 nitrogen and oxygen atoms in total. The van der Waals surface area contributed by atoms with Gasteiger partial charge in [-0.3, -0.25) is 24.6 Å². The summed E-state index contributed by atoms with van der Waals surface area (Å²) >= 11 is 0. The van der Waals surface area contributed by atoms with Gasteiger partial charge in [0.25, 0.3) is 5.91 Å². The summed E-state index contributed by atoms with van der Waals surface area (Å²) < 4.78 is 0. The summed E-state index contributed by atoms with van der Waals surface area (Å²) in [7, 11) is 0. The highest BCUT2D eigenvalue weighted by atomic mass is 16.5. The molecule has 1 fully saturated rings. The van der Waals surface area contributed by atoms with Gasteiger partial charge in [0.05, 0.1) is 0 Å². The average molecular weight is 516 g/mol. The van der Waals surface area contributed by atoms with Crippen LogP contribution >= 0.6 is 0 Å². The fourth-order valence-electron chi connectivity index (χ4n) is 5.89. The summed E-state index contributed by atoms with van der Waals surface area (Å²) in [4.78, 5) is 33.6. The van der Waals surface area contributed by atoms with E-state index in [0.29, 0.717) is 6.04 Å². The number of amides is 2. The number of hydrogen-bond acceptors (Lipinski definition) is 5. The van der Waals surface area contributed by atoms with Crippen molar-refractivity contribution in [3.63, 3.8) is 0 Å². The van der Waals surface area contributed by atoms with Crippen LogP contribution in [0, 0.1) is 0 Å². The van der Waals surface area contributed by atoms with Gasteiger partial charge in [0, 0.05) is 82.0 Å². The monoisotopic (exact) mass is 515 g/mol. The zero-order chi connectivity index (χ0) is 26.5. The van der Waals surface area contributed by atoms with E-state index in [0.717, 1.165) is 70.6 Å². The van der Waals surface area contributed by atoms with Gasteiger partial charge in [0.2, 0.25) is 5.91 Å². The van der Waals surface area contributed by atoms with Crippen LogP contribution in [0.15, 0.2) is 54.7 Å². The van der Waals surface area contributed by atoms with E-state index in [1.807, 2.05) is 4.90 Å². The molecule has 200 valence electrons. The molecule has 2 aliphatic rings. The highest BCUT2D eigenvalue weighted by molar-refractivity contribution is 5.90. The van der Waals surface area contributed by atoms with Gasteiger partial charge in [-0.05, 0) is 53.7 Å². The maximum Gasteiger partial charge on any atom is 0.267 e. The van der Waals surface area contributed by atoms with Gasteiger partial charge in [-0.25, -0.2) is 5.48 Å². The number of para-hydroxylation sites is 1. The minimum absolute atomic E-state index is 0.166. The van der Waals surface area contributed by atoms with Gasteiger partial charge in [-0.1, -0.05) is 36.4 Å². The molecule has 1 aliphatic heterocycles. The molecule has 0 saturated carbocycles. The number of piperazine rings is 1. The molecular formula is C30H37N5O3. The minimum atomic E-state index is -0.532. The Morgan fingerprint density at radius 1 is 1.13 bits per heavy atom. The Hall–Kier alpha value is -3.46. The van der Waals surface area contributed by atoms with Crippen molar-refractivity contribution >= 4 is 28.8 Å². The maximum absolute atomic E-state index is 11.7. The van der Waals surface area contributed by atoms with Crippen molar-refractivity contribution in [3.8, 4) is 0 Å². The second-order valence-corrected chi connectivity index (χ2v) is 10.3. The molecule has 1 atom stereocenters. The van der Waals surface area contributed by atoms with Crippen LogP contribution in [0.2, 0.25) is 0 Å². The average Bonchev–Trinajstić information content (AvgIpc) is 3.56. The molecule has 2 amide bonds. The lowest BCUT2D eigenvalue weighted by Crippen LogP contribution is -2.50. The van der Waals surface area contributed by atoms with Crippen LogP contribution in [0.25, 0.3) is 17.0 Å². The second-order valence-electron chi connectivity index (χ2n) is 10.3. The van der Waals surface area contributed by atoms with Crippen molar-refractivity contribution in [1.29, 1.82) is 0 Å². The van der Waals surface area contributed by atoms with Crippen LogP contribution in [0.1, 0.15) is 41.6 Å². The quantitative estimate of drug-likeness (QED) is 0.231. The number of aryl methyl sites for hydroxylation is 1. The first-order chi connectivity index (χ1) is 18.5. The maximum atomic E-state index is 11.7. The summed E-state index contributed by atoms with van der Waals surface area (Å²) in [6, 6.07) is 15.3. The van der Waals surface area contributed by atoms with Crippen LogP contribution in [0.5, 0.6) is 0 Å². The number of H-pyrrole nitrogens is 1. The third kappa shape index (κ3) is 5.99. The molecule has 3 aromatic rings. The van der Waals surface area contributed by atoms with E-state index < -0.39 is 5.91 Å². The molecule has 8 heteroatoms. The fourth-order valence-corrected chi connectivity index (χ4v) is 5.89. The number of nitrogens with one attached hydrogen (secondary N) is 2. The SMILES string of the molecule is CC(=O)N1CCN(CCN(CCc2c[nH]c3ccccc23)C2CCc3cc(/C=C/C(=O)NO)ccc32)CC1. The predicted molar refractivity (Wildman–Crippen MR) is 149 cm³/mol. The van der Waals surface area contributed by atoms with Crippen LogP contribution in [-0.4, -0.2) is 82.5 Å². The van der Waals surface area contributed by atoms with Crippen molar-refractivity contribution in [2.24, 2.45) is 0 Å². The Bertz CT molecular complexity index is 1310. The van der Waals surface area contributed by atoms with E-state index in [1.54, 1.807) is 18.5 Å².